The average Bonchev–Trinajstić information content (AvgIpc) is 2.67. The molecule has 2 aliphatic heterocycles. The number of amides is 2. The number of nitrogens with zero attached hydrogens (tertiary/aromatic N) is 1. The number of carbonyl (C=O) groups is 2. The van der Waals surface area contributed by atoms with E-state index in [9.17, 15) is 14.0 Å². The van der Waals surface area contributed by atoms with Crippen LogP contribution in [-0.4, -0.2) is 29.8 Å². The molecule has 1 N–H and O–H groups in total. The quantitative estimate of drug-likeness (QED) is 0.900. The van der Waals surface area contributed by atoms with E-state index in [1.165, 1.54) is 12.1 Å². The number of halogens is 1. The van der Waals surface area contributed by atoms with Crippen molar-refractivity contribution in [2.75, 3.05) is 18.4 Å². The topological polar surface area (TPSA) is 49.4 Å². The minimum absolute atomic E-state index is 0.0123. The molecule has 26 heavy (non-hydrogen) atoms. The SMILES string of the molecule is O=C1CC(C(=O)N2CC=C(c3ccc(F)cc3)CC2)c2ccccc2N1. The van der Waals surface area contributed by atoms with E-state index in [1.54, 1.807) is 17.0 Å². The standard InChI is InChI=1S/C21H19FN2O2/c22-16-7-5-14(6-8-16)15-9-11-24(12-10-15)21(26)18-13-20(25)23-19-4-2-1-3-17(18)19/h1-9,18H,10-13H2,(H,23,25). The Labute approximate surface area is 151 Å². The number of benzene rings is 2. The molecule has 0 aliphatic carbocycles. The molecule has 4 nitrogen and oxygen atoms in total. The second kappa shape index (κ2) is 6.75. The lowest BCUT2D eigenvalue weighted by Crippen LogP contribution is -2.40. The number of hydrogen-bond donors (Lipinski definition) is 1. The molecule has 2 heterocycles. The van der Waals surface area contributed by atoms with Crippen LogP contribution in [0.3, 0.4) is 0 Å². The van der Waals surface area contributed by atoms with Crippen molar-refractivity contribution in [2.45, 2.75) is 18.8 Å². The number of fused-ring (bicyclic) bond motifs is 1. The molecule has 0 aromatic heterocycles. The Morgan fingerprint density at radius 1 is 1.12 bits per heavy atom. The Morgan fingerprint density at radius 3 is 2.62 bits per heavy atom. The Morgan fingerprint density at radius 2 is 1.88 bits per heavy atom. The highest BCUT2D eigenvalue weighted by Crippen LogP contribution is 2.34. The Hall–Kier alpha value is -2.95. The summed E-state index contributed by atoms with van der Waals surface area (Å²) in [5, 5.41) is 2.83. The van der Waals surface area contributed by atoms with Crippen LogP contribution < -0.4 is 5.32 Å². The maximum absolute atomic E-state index is 13.1. The zero-order valence-electron chi connectivity index (χ0n) is 14.2. The maximum Gasteiger partial charge on any atom is 0.231 e. The highest BCUT2D eigenvalue weighted by molar-refractivity contribution is 6.01. The van der Waals surface area contributed by atoms with Gasteiger partial charge in [0.15, 0.2) is 0 Å². The number of carbonyl (C=O) groups excluding carboxylic acids is 2. The molecule has 0 radical (unpaired) electrons. The first-order valence-electron chi connectivity index (χ1n) is 8.74. The smallest absolute Gasteiger partial charge is 0.231 e. The fourth-order valence-corrected chi connectivity index (χ4v) is 3.65. The van der Waals surface area contributed by atoms with Gasteiger partial charge < -0.3 is 10.2 Å². The zero-order valence-corrected chi connectivity index (χ0v) is 14.2. The van der Waals surface area contributed by atoms with Gasteiger partial charge in [-0.2, -0.15) is 0 Å². The normalized spacial score (nSPS) is 19.4. The molecule has 0 spiro atoms. The van der Waals surface area contributed by atoms with E-state index >= 15 is 0 Å². The van der Waals surface area contributed by atoms with Gasteiger partial charge in [-0.15, -0.1) is 0 Å². The van der Waals surface area contributed by atoms with Crippen molar-refractivity contribution in [3.8, 4) is 0 Å². The van der Waals surface area contributed by atoms with E-state index in [2.05, 4.69) is 5.32 Å². The summed E-state index contributed by atoms with van der Waals surface area (Å²) in [4.78, 5) is 26.8. The molecule has 2 amide bonds. The van der Waals surface area contributed by atoms with Crippen LogP contribution in [-0.2, 0) is 9.59 Å². The van der Waals surface area contributed by atoms with Crippen molar-refractivity contribution < 1.29 is 14.0 Å². The lowest BCUT2D eigenvalue weighted by atomic mass is 9.88. The van der Waals surface area contributed by atoms with E-state index < -0.39 is 5.92 Å². The van der Waals surface area contributed by atoms with Gasteiger partial charge in [0, 0.05) is 25.2 Å². The van der Waals surface area contributed by atoms with Crippen molar-refractivity contribution >= 4 is 23.1 Å². The molecular formula is C21H19FN2O2. The fraction of sp³-hybridized carbons (Fsp3) is 0.238. The summed E-state index contributed by atoms with van der Waals surface area (Å²) in [5.74, 6) is -0.819. The molecule has 0 fully saturated rings. The van der Waals surface area contributed by atoms with Gasteiger partial charge in [-0.1, -0.05) is 36.4 Å². The summed E-state index contributed by atoms with van der Waals surface area (Å²) < 4.78 is 13.1. The Balaban J connectivity index is 1.52. The molecule has 1 unspecified atom stereocenters. The van der Waals surface area contributed by atoms with Crippen molar-refractivity contribution in [2.24, 2.45) is 0 Å². The zero-order chi connectivity index (χ0) is 18.1. The third kappa shape index (κ3) is 3.12. The third-order valence-corrected chi connectivity index (χ3v) is 5.03. The molecule has 2 aromatic rings. The van der Waals surface area contributed by atoms with Crippen LogP contribution in [0.5, 0.6) is 0 Å². The van der Waals surface area contributed by atoms with Gasteiger partial charge in [-0.25, -0.2) is 4.39 Å². The predicted octanol–water partition coefficient (Wildman–Crippen LogP) is 3.57. The molecule has 1 atom stereocenters. The first-order chi connectivity index (χ1) is 12.6. The van der Waals surface area contributed by atoms with Gasteiger partial charge in [0.1, 0.15) is 5.82 Å². The van der Waals surface area contributed by atoms with Gasteiger partial charge in [0.25, 0.3) is 0 Å². The highest BCUT2D eigenvalue weighted by Gasteiger charge is 2.33. The minimum Gasteiger partial charge on any atom is -0.338 e. The van der Waals surface area contributed by atoms with Crippen LogP contribution >= 0.6 is 0 Å². The van der Waals surface area contributed by atoms with Gasteiger partial charge in [-0.05, 0) is 41.3 Å². The van der Waals surface area contributed by atoms with Crippen LogP contribution in [0.1, 0.15) is 29.9 Å². The van der Waals surface area contributed by atoms with Crippen molar-refractivity contribution in [1.82, 2.24) is 4.90 Å². The predicted molar refractivity (Wildman–Crippen MR) is 98.0 cm³/mol. The lowest BCUT2D eigenvalue weighted by Gasteiger charge is -2.32. The number of rotatable bonds is 2. The van der Waals surface area contributed by atoms with Gasteiger partial charge in [0.2, 0.25) is 11.8 Å². The van der Waals surface area contributed by atoms with Crippen molar-refractivity contribution in [3.05, 3.63) is 71.6 Å². The molecule has 5 heteroatoms. The van der Waals surface area contributed by atoms with Gasteiger partial charge in [0.05, 0.1) is 5.92 Å². The molecule has 132 valence electrons. The van der Waals surface area contributed by atoms with Crippen LogP contribution in [0.2, 0.25) is 0 Å². The molecule has 0 bridgehead atoms. The first kappa shape index (κ1) is 16.5. The fourth-order valence-electron chi connectivity index (χ4n) is 3.65. The van der Waals surface area contributed by atoms with Gasteiger partial charge in [-0.3, -0.25) is 9.59 Å². The second-order valence-corrected chi connectivity index (χ2v) is 6.66. The summed E-state index contributed by atoms with van der Waals surface area (Å²) in [6.07, 6.45) is 2.92. The molecule has 0 saturated heterocycles. The van der Waals surface area contributed by atoms with Crippen molar-refractivity contribution in [3.63, 3.8) is 0 Å². The Bertz CT molecular complexity index is 889. The van der Waals surface area contributed by atoms with Crippen LogP contribution in [0.4, 0.5) is 10.1 Å². The number of anilines is 1. The number of hydrogen-bond acceptors (Lipinski definition) is 2. The molecule has 2 aromatic carbocycles. The summed E-state index contributed by atoms with van der Waals surface area (Å²) in [6, 6.07) is 13.9. The maximum atomic E-state index is 13.1. The monoisotopic (exact) mass is 350 g/mol. The largest absolute Gasteiger partial charge is 0.338 e. The van der Waals surface area contributed by atoms with E-state index in [0.717, 1.165) is 28.8 Å². The summed E-state index contributed by atoms with van der Waals surface area (Å²) in [5.41, 5.74) is 3.71. The second-order valence-electron chi connectivity index (χ2n) is 6.66. The summed E-state index contributed by atoms with van der Waals surface area (Å²) >= 11 is 0. The van der Waals surface area contributed by atoms with E-state index in [4.69, 9.17) is 0 Å². The first-order valence-corrected chi connectivity index (χ1v) is 8.74. The minimum atomic E-state index is -0.430. The number of nitrogens with one attached hydrogen (secondary N) is 1. The summed E-state index contributed by atoms with van der Waals surface area (Å²) in [6.45, 7) is 1.11. The van der Waals surface area contributed by atoms with E-state index in [-0.39, 0.29) is 24.1 Å². The molecular weight excluding hydrogens is 331 g/mol. The molecule has 2 aliphatic rings. The van der Waals surface area contributed by atoms with E-state index in [1.807, 2.05) is 30.3 Å². The highest BCUT2D eigenvalue weighted by atomic mass is 19.1. The average molecular weight is 350 g/mol. The third-order valence-electron chi connectivity index (χ3n) is 5.03. The van der Waals surface area contributed by atoms with Gasteiger partial charge >= 0.3 is 0 Å². The van der Waals surface area contributed by atoms with Crippen LogP contribution in [0, 0.1) is 5.82 Å². The molecule has 4 rings (SSSR count). The van der Waals surface area contributed by atoms with Crippen molar-refractivity contribution in [1.29, 1.82) is 0 Å². The van der Waals surface area contributed by atoms with Crippen LogP contribution in [0.25, 0.3) is 5.57 Å². The summed E-state index contributed by atoms with van der Waals surface area (Å²) in [7, 11) is 0. The van der Waals surface area contributed by atoms with Crippen LogP contribution in [0.15, 0.2) is 54.6 Å². The van der Waals surface area contributed by atoms with E-state index in [0.29, 0.717) is 13.1 Å². The number of para-hydroxylation sites is 1. The molecule has 0 saturated carbocycles. The Kier molecular flexibility index (Phi) is 4.29. The lowest BCUT2D eigenvalue weighted by molar-refractivity contribution is -0.134.